The van der Waals surface area contributed by atoms with Crippen LogP contribution in [0.4, 0.5) is 18.9 Å². The lowest BCUT2D eigenvalue weighted by Crippen LogP contribution is -2.26. The van der Waals surface area contributed by atoms with Gasteiger partial charge in [-0.25, -0.2) is 13.1 Å². The minimum absolute atomic E-state index is 0.0411. The summed E-state index contributed by atoms with van der Waals surface area (Å²) in [5, 5.41) is 0. The van der Waals surface area contributed by atoms with E-state index in [1.165, 1.54) is 19.2 Å². The first-order valence-electron chi connectivity index (χ1n) is 5.76. The first-order valence-corrected chi connectivity index (χ1v) is 8.04. The molecule has 0 aliphatic rings. The molecule has 0 atom stereocenters. The van der Waals surface area contributed by atoms with Crippen LogP contribution in [-0.2, 0) is 10.0 Å². The molecule has 5 nitrogen and oxygen atoms in total. The van der Waals surface area contributed by atoms with Gasteiger partial charge < -0.3 is 10.5 Å². The van der Waals surface area contributed by atoms with E-state index in [0.29, 0.717) is 4.47 Å². The van der Waals surface area contributed by atoms with Gasteiger partial charge in [0.15, 0.2) is 0 Å². The largest absolute Gasteiger partial charge is 0.495 e. The van der Waals surface area contributed by atoms with Gasteiger partial charge in [-0.2, -0.15) is 13.2 Å². The van der Waals surface area contributed by atoms with E-state index in [1.807, 2.05) is 0 Å². The Morgan fingerprint density at radius 3 is 2.52 bits per heavy atom. The summed E-state index contributed by atoms with van der Waals surface area (Å²) in [6, 6.07) is 2.55. The second-order valence-corrected chi connectivity index (χ2v) is 6.73. The van der Waals surface area contributed by atoms with E-state index >= 15 is 0 Å². The molecule has 120 valence electrons. The first-order chi connectivity index (χ1) is 9.57. The van der Waals surface area contributed by atoms with Crippen LogP contribution in [0.5, 0.6) is 5.75 Å². The molecule has 0 aliphatic carbocycles. The van der Waals surface area contributed by atoms with Crippen molar-refractivity contribution < 1.29 is 26.3 Å². The lowest BCUT2D eigenvalue weighted by Gasteiger charge is -2.13. The van der Waals surface area contributed by atoms with E-state index in [1.54, 1.807) is 0 Å². The molecule has 0 heterocycles. The highest BCUT2D eigenvalue weighted by Gasteiger charge is 2.27. The Kier molecular flexibility index (Phi) is 5.88. The first kappa shape index (κ1) is 18.1. The normalized spacial score (nSPS) is 12.4. The lowest BCUT2D eigenvalue weighted by molar-refractivity contribution is -0.135. The minimum atomic E-state index is -4.31. The molecule has 0 saturated carbocycles. The predicted molar refractivity (Wildman–Crippen MR) is 75.6 cm³/mol. The monoisotopic (exact) mass is 390 g/mol. The van der Waals surface area contributed by atoms with Crippen LogP contribution in [0.25, 0.3) is 0 Å². The number of benzene rings is 1. The van der Waals surface area contributed by atoms with Crippen molar-refractivity contribution in [3.8, 4) is 5.75 Å². The van der Waals surface area contributed by atoms with Gasteiger partial charge in [-0.1, -0.05) is 0 Å². The Labute approximate surface area is 128 Å². The third kappa shape index (κ3) is 5.36. The summed E-state index contributed by atoms with van der Waals surface area (Å²) < 4.78 is 67.6. The maximum atomic E-state index is 12.1. The van der Waals surface area contributed by atoms with E-state index < -0.39 is 22.6 Å². The fourth-order valence-electron chi connectivity index (χ4n) is 1.49. The highest BCUT2D eigenvalue weighted by molar-refractivity contribution is 9.10. The molecule has 0 unspecified atom stereocenters. The molecular weight excluding hydrogens is 377 g/mol. The second-order valence-electron chi connectivity index (χ2n) is 4.14. The molecule has 21 heavy (non-hydrogen) atoms. The number of nitrogens with two attached hydrogens (primary N) is 1. The average molecular weight is 391 g/mol. The molecule has 1 aromatic carbocycles. The molecule has 0 aromatic heterocycles. The zero-order chi connectivity index (χ0) is 16.3. The molecule has 1 aromatic rings. The smallest absolute Gasteiger partial charge is 0.389 e. The Bertz CT molecular complexity index is 605. The highest BCUT2D eigenvalue weighted by Crippen LogP contribution is 2.32. The number of ether oxygens (including phenoxy) is 1. The van der Waals surface area contributed by atoms with E-state index in [9.17, 15) is 21.6 Å². The van der Waals surface area contributed by atoms with Crippen molar-refractivity contribution in [3.63, 3.8) is 0 Å². The number of hydrogen-bond acceptors (Lipinski definition) is 4. The number of anilines is 1. The Morgan fingerprint density at radius 1 is 1.38 bits per heavy atom. The topological polar surface area (TPSA) is 81.4 Å². The summed E-state index contributed by atoms with van der Waals surface area (Å²) in [6.07, 6.45) is -5.72. The van der Waals surface area contributed by atoms with Gasteiger partial charge in [0.25, 0.3) is 0 Å². The van der Waals surface area contributed by atoms with Gasteiger partial charge in [-0.15, -0.1) is 0 Å². The fraction of sp³-hybridized carbons (Fsp3) is 0.455. The molecule has 0 bridgehead atoms. The van der Waals surface area contributed by atoms with Gasteiger partial charge in [0.2, 0.25) is 10.0 Å². The predicted octanol–water partition coefficient (Wildman–Crippen LogP) is 2.66. The van der Waals surface area contributed by atoms with Crippen LogP contribution in [-0.4, -0.2) is 28.2 Å². The summed E-state index contributed by atoms with van der Waals surface area (Å²) in [5.41, 5.74) is 5.78. The van der Waals surface area contributed by atoms with Crippen molar-refractivity contribution in [2.24, 2.45) is 0 Å². The zero-order valence-corrected chi connectivity index (χ0v) is 13.4. The van der Waals surface area contributed by atoms with Crippen LogP contribution >= 0.6 is 15.9 Å². The van der Waals surface area contributed by atoms with Crippen molar-refractivity contribution in [1.29, 1.82) is 0 Å². The number of hydrogen-bond donors (Lipinski definition) is 2. The summed E-state index contributed by atoms with van der Waals surface area (Å²) in [7, 11) is -2.72. The zero-order valence-electron chi connectivity index (χ0n) is 11.0. The van der Waals surface area contributed by atoms with Crippen molar-refractivity contribution in [2.75, 3.05) is 19.4 Å². The van der Waals surface area contributed by atoms with Gasteiger partial charge in [0, 0.05) is 23.1 Å². The van der Waals surface area contributed by atoms with Gasteiger partial charge in [0.05, 0.1) is 7.11 Å². The minimum Gasteiger partial charge on any atom is -0.495 e. The van der Waals surface area contributed by atoms with Gasteiger partial charge >= 0.3 is 6.18 Å². The molecule has 0 fully saturated rings. The van der Waals surface area contributed by atoms with Gasteiger partial charge in [-0.05, 0) is 34.5 Å². The molecule has 1 rings (SSSR count). The number of rotatable bonds is 6. The van der Waals surface area contributed by atoms with Crippen LogP contribution in [0, 0.1) is 0 Å². The summed E-state index contributed by atoms with van der Waals surface area (Å²) in [4.78, 5) is -0.224. The van der Waals surface area contributed by atoms with Crippen LogP contribution < -0.4 is 15.2 Å². The van der Waals surface area contributed by atoms with Crippen molar-refractivity contribution in [2.45, 2.75) is 23.9 Å². The van der Waals surface area contributed by atoms with E-state index in [-0.39, 0.29) is 29.3 Å². The summed E-state index contributed by atoms with van der Waals surface area (Å²) in [5.74, 6) is 0.0411. The molecule has 0 saturated heterocycles. The third-order valence-electron chi connectivity index (χ3n) is 2.50. The summed E-state index contributed by atoms with van der Waals surface area (Å²) in [6.45, 7) is -0.332. The number of sulfonamides is 1. The highest BCUT2D eigenvalue weighted by atomic mass is 79.9. The second kappa shape index (κ2) is 6.84. The van der Waals surface area contributed by atoms with E-state index in [4.69, 9.17) is 10.5 Å². The quantitative estimate of drug-likeness (QED) is 0.577. The molecule has 0 radical (unpaired) electrons. The van der Waals surface area contributed by atoms with E-state index in [0.717, 1.165) is 0 Å². The van der Waals surface area contributed by atoms with Crippen LogP contribution in [0.15, 0.2) is 21.5 Å². The number of halogens is 4. The molecular formula is C11H14BrF3N2O3S. The van der Waals surface area contributed by atoms with Crippen molar-refractivity contribution >= 4 is 31.6 Å². The third-order valence-corrected chi connectivity index (χ3v) is 4.67. The standard InChI is InChI=1S/C11H14BrF3N2O3S/c1-20-9-5-7(12)8(16)6-10(9)21(18,19)17-4-2-3-11(13,14)15/h5-6,17H,2-4,16H2,1H3. The Hall–Kier alpha value is -1.00. The van der Waals surface area contributed by atoms with Crippen LogP contribution in [0.2, 0.25) is 0 Å². The number of nitrogens with one attached hydrogen (secondary N) is 1. The van der Waals surface area contributed by atoms with Crippen LogP contribution in [0.3, 0.4) is 0 Å². The SMILES string of the molecule is COc1cc(Br)c(N)cc1S(=O)(=O)NCCCC(F)(F)F. The molecule has 0 aliphatic heterocycles. The molecule has 0 amide bonds. The Morgan fingerprint density at radius 2 is 2.00 bits per heavy atom. The summed E-state index contributed by atoms with van der Waals surface area (Å²) >= 11 is 3.13. The van der Waals surface area contributed by atoms with Gasteiger partial charge in [0.1, 0.15) is 10.6 Å². The molecule has 0 spiro atoms. The van der Waals surface area contributed by atoms with Crippen LogP contribution in [0.1, 0.15) is 12.8 Å². The maximum absolute atomic E-state index is 12.1. The number of alkyl halides is 3. The Balaban J connectivity index is 2.86. The number of nitrogen functional groups attached to an aromatic ring is 1. The lowest BCUT2D eigenvalue weighted by atomic mass is 10.3. The van der Waals surface area contributed by atoms with Gasteiger partial charge in [-0.3, -0.25) is 0 Å². The van der Waals surface area contributed by atoms with E-state index in [2.05, 4.69) is 20.7 Å². The fourth-order valence-corrected chi connectivity index (χ4v) is 3.07. The molecule has 10 heteroatoms. The maximum Gasteiger partial charge on any atom is 0.389 e. The van der Waals surface area contributed by atoms with Crippen molar-refractivity contribution in [1.82, 2.24) is 4.72 Å². The average Bonchev–Trinajstić information content (AvgIpc) is 2.36. The number of methoxy groups -OCH3 is 1. The van der Waals surface area contributed by atoms with Crippen molar-refractivity contribution in [3.05, 3.63) is 16.6 Å². The molecule has 3 N–H and O–H groups in total.